The van der Waals surface area contributed by atoms with Crippen LogP contribution in [0.4, 0.5) is 0 Å². The van der Waals surface area contributed by atoms with Crippen LogP contribution >= 0.6 is 0 Å². The van der Waals surface area contributed by atoms with Gasteiger partial charge in [0.25, 0.3) is 0 Å². The Morgan fingerprint density at radius 2 is 1.35 bits per heavy atom. The number of nitrogens with two attached hydrogens (primary N) is 2. The molecule has 0 saturated carbocycles. The normalized spacial score (nSPS) is 12.5. The standard InChI is InChI=1S/C20H38N2O3Si/c1-5-14-23-26(24-15-6-2,25-16-7-3)17-13-18-11-9-10-12-19(18)20(21,22)8-4/h9-12H,5-8,13-17,21-22H2,1-4H3. The average molecular weight is 383 g/mol. The molecule has 1 aromatic carbocycles. The van der Waals surface area contributed by atoms with Gasteiger partial charge in [-0.25, -0.2) is 0 Å². The maximum absolute atomic E-state index is 6.31. The Hall–Kier alpha value is -0.763. The van der Waals surface area contributed by atoms with Gasteiger partial charge >= 0.3 is 8.80 Å². The highest BCUT2D eigenvalue weighted by Gasteiger charge is 2.41. The Morgan fingerprint density at radius 1 is 0.846 bits per heavy atom. The van der Waals surface area contributed by atoms with Crippen LogP contribution in [0.15, 0.2) is 24.3 Å². The van der Waals surface area contributed by atoms with E-state index in [1.54, 1.807) is 0 Å². The molecular weight excluding hydrogens is 344 g/mol. The van der Waals surface area contributed by atoms with Crippen molar-refractivity contribution in [1.29, 1.82) is 0 Å². The zero-order valence-corrected chi connectivity index (χ0v) is 18.1. The van der Waals surface area contributed by atoms with Crippen LogP contribution in [0.25, 0.3) is 0 Å². The van der Waals surface area contributed by atoms with E-state index >= 15 is 0 Å². The number of benzene rings is 1. The van der Waals surface area contributed by atoms with Gasteiger partial charge in [-0.1, -0.05) is 52.0 Å². The Labute approximate surface area is 160 Å². The van der Waals surface area contributed by atoms with Crippen LogP contribution in [-0.2, 0) is 25.4 Å². The summed E-state index contributed by atoms with van der Waals surface area (Å²) in [6.07, 6.45) is 4.30. The minimum absolute atomic E-state index is 0.661. The lowest BCUT2D eigenvalue weighted by atomic mass is 9.92. The molecule has 1 aromatic rings. The summed E-state index contributed by atoms with van der Waals surface area (Å²) in [5.41, 5.74) is 13.9. The van der Waals surface area contributed by atoms with Crippen molar-refractivity contribution in [3.63, 3.8) is 0 Å². The molecule has 0 aromatic heterocycles. The van der Waals surface area contributed by atoms with Crippen LogP contribution in [0.3, 0.4) is 0 Å². The molecule has 4 N–H and O–H groups in total. The molecule has 0 amide bonds. The molecular formula is C20H38N2O3Si. The van der Waals surface area contributed by atoms with E-state index in [1.165, 1.54) is 0 Å². The van der Waals surface area contributed by atoms with Crippen molar-refractivity contribution in [3.05, 3.63) is 35.4 Å². The van der Waals surface area contributed by atoms with Crippen LogP contribution in [0.5, 0.6) is 0 Å². The summed E-state index contributed by atoms with van der Waals surface area (Å²) in [6, 6.07) is 8.87. The lowest BCUT2D eigenvalue weighted by Crippen LogP contribution is -2.48. The minimum atomic E-state index is -2.72. The molecule has 0 heterocycles. The quantitative estimate of drug-likeness (QED) is 0.376. The summed E-state index contributed by atoms with van der Waals surface area (Å²) in [4.78, 5) is 0. The molecule has 0 radical (unpaired) electrons. The molecule has 0 saturated heterocycles. The van der Waals surface area contributed by atoms with Crippen LogP contribution in [0.2, 0.25) is 6.04 Å². The predicted molar refractivity (Wildman–Crippen MR) is 110 cm³/mol. The van der Waals surface area contributed by atoms with Gasteiger partial charge < -0.3 is 24.7 Å². The molecule has 6 heteroatoms. The molecule has 26 heavy (non-hydrogen) atoms. The van der Waals surface area contributed by atoms with Gasteiger partial charge in [0.1, 0.15) is 0 Å². The van der Waals surface area contributed by atoms with Crippen molar-refractivity contribution < 1.29 is 13.3 Å². The summed E-state index contributed by atoms with van der Waals surface area (Å²) in [5, 5.41) is 0. The van der Waals surface area contributed by atoms with Crippen molar-refractivity contribution in [2.24, 2.45) is 11.5 Å². The number of aryl methyl sites for hydroxylation is 1. The molecule has 150 valence electrons. The summed E-state index contributed by atoms with van der Waals surface area (Å²) in [7, 11) is -2.72. The largest absolute Gasteiger partial charge is 0.501 e. The summed E-state index contributed by atoms with van der Waals surface area (Å²) >= 11 is 0. The highest BCUT2D eigenvalue weighted by atomic mass is 28.4. The lowest BCUT2D eigenvalue weighted by Gasteiger charge is -2.31. The first-order valence-corrected chi connectivity index (χ1v) is 12.0. The Kier molecular flexibility index (Phi) is 10.6. The van der Waals surface area contributed by atoms with Crippen molar-refractivity contribution >= 4 is 8.80 Å². The third-order valence-electron chi connectivity index (χ3n) is 4.38. The Bertz CT molecular complexity index is 490. The second kappa shape index (κ2) is 11.8. The maximum atomic E-state index is 6.31. The van der Waals surface area contributed by atoms with Crippen molar-refractivity contribution in [2.45, 2.75) is 71.5 Å². The summed E-state index contributed by atoms with van der Waals surface area (Å²) in [6.45, 7) is 10.3. The van der Waals surface area contributed by atoms with E-state index in [2.05, 4.69) is 26.8 Å². The maximum Gasteiger partial charge on any atom is 0.501 e. The second-order valence-electron chi connectivity index (χ2n) is 6.78. The third kappa shape index (κ3) is 7.10. The van der Waals surface area contributed by atoms with Crippen molar-refractivity contribution in [1.82, 2.24) is 0 Å². The fraction of sp³-hybridized carbons (Fsp3) is 0.700. The van der Waals surface area contributed by atoms with Gasteiger partial charge in [-0.05, 0) is 43.2 Å². The Morgan fingerprint density at radius 3 is 1.81 bits per heavy atom. The lowest BCUT2D eigenvalue weighted by molar-refractivity contribution is 0.0593. The molecule has 0 aliphatic rings. The van der Waals surface area contributed by atoms with Gasteiger partial charge in [-0.2, -0.15) is 0 Å². The van der Waals surface area contributed by atoms with E-state index in [-0.39, 0.29) is 0 Å². The summed E-state index contributed by atoms with van der Waals surface area (Å²) in [5.74, 6) is 0. The van der Waals surface area contributed by atoms with Crippen LogP contribution in [0.1, 0.15) is 64.5 Å². The number of hydrogen-bond donors (Lipinski definition) is 2. The zero-order valence-electron chi connectivity index (χ0n) is 17.1. The van der Waals surface area contributed by atoms with Gasteiger partial charge in [0, 0.05) is 25.9 Å². The first-order chi connectivity index (χ1) is 12.4. The topological polar surface area (TPSA) is 79.7 Å². The molecule has 0 aliphatic heterocycles. The second-order valence-corrected chi connectivity index (χ2v) is 9.51. The van der Waals surface area contributed by atoms with E-state index in [1.807, 2.05) is 25.1 Å². The molecule has 0 fully saturated rings. The number of rotatable bonds is 14. The fourth-order valence-corrected chi connectivity index (χ4v) is 5.59. The van der Waals surface area contributed by atoms with E-state index in [4.69, 9.17) is 24.7 Å². The molecule has 0 bridgehead atoms. The van der Waals surface area contributed by atoms with Crippen molar-refractivity contribution in [2.75, 3.05) is 19.8 Å². The summed E-state index contributed by atoms with van der Waals surface area (Å²) < 4.78 is 18.6. The molecule has 0 aliphatic carbocycles. The van der Waals surface area contributed by atoms with Crippen molar-refractivity contribution in [3.8, 4) is 0 Å². The van der Waals surface area contributed by atoms with E-state index < -0.39 is 14.5 Å². The highest BCUT2D eigenvalue weighted by molar-refractivity contribution is 6.60. The van der Waals surface area contributed by atoms with Crippen LogP contribution < -0.4 is 11.5 Å². The van der Waals surface area contributed by atoms with E-state index in [9.17, 15) is 0 Å². The van der Waals surface area contributed by atoms with E-state index in [0.29, 0.717) is 26.2 Å². The highest BCUT2D eigenvalue weighted by Crippen LogP contribution is 2.26. The van der Waals surface area contributed by atoms with Gasteiger partial charge in [0.05, 0.1) is 5.66 Å². The molecule has 0 unspecified atom stereocenters. The predicted octanol–water partition coefficient (Wildman–Crippen LogP) is 3.93. The zero-order chi connectivity index (χ0) is 19.5. The SMILES string of the molecule is CCCO[Si](CCc1ccccc1C(N)(N)CC)(OCCC)OCCC. The monoisotopic (exact) mass is 382 g/mol. The first kappa shape index (κ1) is 23.3. The van der Waals surface area contributed by atoms with Crippen LogP contribution in [-0.4, -0.2) is 28.6 Å². The van der Waals surface area contributed by atoms with Gasteiger partial charge in [0.15, 0.2) is 0 Å². The molecule has 5 nitrogen and oxygen atoms in total. The third-order valence-corrected chi connectivity index (χ3v) is 7.18. The molecule has 0 atom stereocenters. The van der Waals surface area contributed by atoms with Gasteiger partial charge in [0.2, 0.25) is 0 Å². The van der Waals surface area contributed by atoms with E-state index in [0.717, 1.165) is 42.9 Å². The average Bonchev–Trinajstić information content (AvgIpc) is 2.67. The molecule has 1 rings (SSSR count). The van der Waals surface area contributed by atoms with Gasteiger partial charge in [-0.15, -0.1) is 0 Å². The molecule has 0 spiro atoms. The number of hydrogen-bond acceptors (Lipinski definition) is 5. The fourth-order valence-electron chi connectivity index (χ4n) is 2.78. The first-order valence-electron chi connectivity index (χ1n) is 10.0. The Balaban J connectivity index is 3.00. The van der Waals surface area contributed by atoms with Crippen LogP contribution in [0, 0.1) is 0 Å². The van der Waals surface area contributed by atoms with Gasteiger partial charge in [-0.3, -0.25) is 0 Å². The smallest absolute Gasteiger partial charge is 0.373 e. The minimum Gasteiger partial charge on any atom is -0.373 e.